The molecule has 1 amide bonds. The minimum absolute atomic E-state index is 0.0523. The van der Waals surface area contributed by atoms with E-state index < -0.39 is 0 Å². The average molecular weight is 250 g/mol. The molecular formula is C13H18N2OS. The van der Waals surface area contributed by atoms with Crippen LogP contribution in [-0.2, 0) is 6.42 Å². The Balaban J connectivity index is 2.70. The van der Waals surface area contributed by atoms with Crippen molar-refractivity contribution in [1.29, 1.82) is 0 Å². The van der Waals surface area contributed by atoms with E-state index in [4.69, 9.17) is 18.0 Å². The summed E-state index contributed by atoms with van der Waals surface area (Å²) in [6.45, 7) is 4.80. The normalized spacial score (nSPS) is 10.3. The third-order valence-corrected chi connectivity index (χ3v) is 2.38. The van der Waals surface area contributed by atoms with Crippen LogP contribution in [-0.4, -0.2) is 17.4 Å². The Morgan fingerprint density at radius 2 is 2.18 bits per heavy atom. The molecule has 1 rings (SSSR count). The highest BCUT2D eigenvalue weighted by atomic mass is 32.1. The minimum Gasteiger partial charge on any atom is -0.393 e. The summed E-state index contributed by atoms with van der Waals surface area (Å²) in [6.07, 6.45) is 0.528. The van der Waals surface area contributed by atoms with Crippen LogP contribution in [0.1, 0.15) is 29.8 Å². The van der Waals surface area contributed by atoms with E-state index in [-0.39, 0.29) is 5.91 Å². The van der Waals surface area contributed by atoms with Gasteiger partial charge in [-0.05, 0) is 23.6 Å². The van der Waals surface area contributed by atoms with Crippen molar-refractivity contribution in [2.75, 3.05) is 6.54 Å². The maximum absolute atomic E-state index is 11.8. The number of hydrogen-bond donors (Lipinski definition) is 2. The number of carbonyl (C=O) groups excluding carboxylic acids is 1. The lowest BCUT2D eigenvalue weighted by molar-refractivity contribution is 0.0949. The fourth-order valence-electron chi connectivity index (χ4n) is 1.42. The molecule has 0 aromatic heterocycles. The van der Waals surface area contributed by atoms with Crippen LogP contribution >= 0.6 is 12.2 Å². The summed E-state index contributed by atoms with van der Waals surface area (Å²) >= 11 is 4.85. The quantitative estimate of drug-likeness (QED) is 0.785. The Labute approximate surface area is 107 Å². The topological polar surface area (TPSA) is 55.1 Å². The van der Waals surface area contributed by atoms with Gasteiger partial charge in [0.2, 0.25) is 0 Å². The molecular weight excluding hydrogens is 232 g/mol. The lowest BCUT2D eigenvalue weighted by Gasteiger charge is -2.08. The minimum atomic E-state index is -0.0523. The van der Waals surface area contributed by atoms with Gasteiger partial charge >= 0.3 is 0 Å². The third-order valence-electron chi connectivity index (χ3n) is 2.24. The maximum atomic E-state index is 11.8. The lowest BCUT2D eigenvalue weighted by Crippen LogP contribution is -2.27. The SMILES string of the molecule is CC(C)CNC(=O)c1cccc(CC(N)=S)c1. The molecule has 0 fully saturated rings. The Morgan fingerprint density at radius 1 is 1.47 bits per heavy atom. The number of hydrogen-bond acceptors (Lipinski definition) is 2. The van der Waals surface area contributed by atoms with Crippen molar-refractivity contribution < 1.29 is 4.79 Å². The number of thiocarbonyl (C=S) groups is 1. The van der Waals surface area contributed by atoms with Gasteiger partial charge in [-0.25, -0.2) is 0 Å². The van der Waals surface area contributed by atoms with Crippen LogP contribution in [0.25, 0.3) is 0 Å². The number of carbonyl (C=O) groups is 1. The summed E-state index contributed by atoms with van der Waals surface area (Å²) in [4.78, 5) is 12.2. The number of benzene rings is 1. The molecule has 0 aliphatic carbocycles. The zero-order valence-electron chi connectivity index (χ0n) is 10.2. The van der Waals surface area contributed by atoms with E-state index >= 15 is 0 Å². The average Bonchev–Trinajstić information content (AvgIpc) is 2.25. The van der Waals surface area contributed by atoms with Crippen molar-refractivity contribution >= 4 is 23.1 Å². The van der Waals surface area contributed by atoms with Gasteiger partial charge in [0.05, 0.1) is 4.99 Å². The highest BCUT2D eigenvalue weighted by Gasteiger charge is 2.06. The first-order valence-corrected chi connectivity index (χ1v) is 6.05. The number of nitrogens with two attached hydrogens (primary N) is 1. The first-order chi connectivity index (χ1) is 7.99. The number of nitrogens with one attached hydrogen (secondary N) is 1. The van der Waals surface area contributed by atoms with Crippen LogP contribution in [0.3, 0.4) is 0 Å². The molecule has 1 aromatic rings. The molecule has 4 heteroatoms. The molecule has 92 valence electrons. The molecule has 3 nitrogen and oxygen atoms in total. The summed E-state index contributed by atoms with van der Waals surface area (Å²) in [7, 11) is 0. The summed E-state index contributed by atoms with van der Waals surface area (Å²) in [5.41, 5.74) is 7.10. The van der Waals surface area contributed by atoms with Gasteiger partial charge in [-0.2, -0.15) is 0 Å². The molecule has 0 aliphatic heterocycles. The van der Waals surface area contributed by atoms with Crippen LogP contribution in [0.5, 0.6) is 0 Å². The maximum Gasteiger partial charge on any atom is 0.251 e. The third kappa shape index (κ3) is 4.95. The van der Waals surface area contributed by atoms with Crippen LogP contribution < -0.4 is 11.1 Å². The van der Waals surface area contributed by atoms with Gasteiger partial charge in [0.25, 0.3) is 5.91 Å². The second-order valence-corrected chi connectivity index (χ2v) is 4.97. The standard InChI is InChI=1S/C13H18N2OS/c1-9(2)8-15-13(16)11-5-3-4-10(6-11)7-12(14)17/h3-6,9H,7-8H2,1-2H3,(H2,14,17)(H,15,16). The lowest BCUT2D eigenvalue weighted by atomic mass is 10.1. The van der Waals surface area contributed by atoms with Gasteiger partial charge < -0.3 is 11.1 Å². The van der Waals surface area contributed by atoms with Crippen molar-refractivity contribution in [2.45, 2.75) is 20.3 Å². The van der Waals surface area contributed by atoms with Gasteiger partial charge in [-0.3, -0.25) is 4.79 Å². The molecule has 17 heavy (non-hydrogen) atoms. The second-order valence-electron chi connectivity index (χ2n) is 4.45. The number of amides is 1. The zero-order valence-corrected chi connectivity index (χ0v) is 11.0. The first-order valence-electron chi connectivity index (χ1n) is 5.64. The first kappa shape index (κ1) is 13.6. The van der Waals surface area contributed by atoms with Crippen molar-refractivity contribution in [3.63, 3.8) is 0 Å². The fraction of sp³-hybridized carbons (Fsp3) is 0.385. The Bertz CT molecular complexity index is 416. The molecule has 0 aliphatic rings. The Kier molecular flexibility index (Phi) is 5.10. The van der Waals surface area contributed by atoms with Crippen molar-refractivity contribution in [3.05, 3.63) is 35.4 Å². The fourth-order valence-corrected chi connectivity index (χ4v) is 1.59. The van der Waals surface area contributed by atoms with Gasteiger partial charge in [-0.1, -0.05) is 38.2 Å². The summed E-state index contributed by atoms with van der Waals surface area (Å²) in [5, 5.41) is 2.88. The molecule has 0 saturated carbocycles. The van der Waals surface area contributed by atoms with E-state index in [1.807, 2.05) is 18.2 Å². The largest absolute Gasteiger partial charge is 0.393 e. The molecule has 0 heterocycles. The second kappa shape index (κ2) is 6.35. The van der Waals surface area contributed by atoms with E-state index in [0.717, 1.165) is 5.56 Å². The van der Waals surface area contributed by atoms with Crippen LogP contribution in [0.15, 0.2) is 24.3 Å². The monoisotopic (exact) mass is 250 g/mol. The summed E-state index contributed by atoms with van der Waals surface area (Å²) in [6, 6.07) is 7.38. The van der Waals surface area contributed by atoms with Crippen LogP contribution in [0.2, 0.25) is 0 Å². The molecule has 0 radical (unpaired) electrons. The van der Waals surface area contributed by atoms with Gasteiger partial charge in [-0.15, -0.1) is 0 Å². The molecule has 0 bridgehead atoms. The molecule has 1 aromatic carbocycles. The van der Waals surface area contributed by atoms with Gasteiger partial charge in [0.15, 0.2) is 0 Å². The molecule has 3 N–H and O–H groups in total. The Morgan fingerprint density at radius 3 is 2.76 bits per heavy atom. The smallest absolute Gasteiger partial charge is 0.251 e. The highest BCUT2D eigenvalue weighted by Crippen LogP contribution is 2.06. The predicted octanol–water partition coefficient (Wildman–Crippen LogP) is 1.90. The van der Waals surface area contributed by atoms with Crippen LogP contribution in [0, 0.1) is 5.92 Å². The molecule has 0 unspecified atom stereocenters. The van der Waals surface area contributed by atoms with Crippen molar-refractivity contribution in [1.82, 2.24) is 5.32 Å². The Hall–Kier alpha value is -1.42. The highest BCUT2D eigenvalue weighted by molar-refractivity contribution is 7.80. The molecule has 0 atom stereocenters. The van der Waals surface area contributed by atoms with E-state index in [2.05, 4.69) is 19.2 Å². The van der Waals surface area contributed by atoms with Crippen LogP contribution in [0.4, 0.5) is 0 Å². The zero-order chi connectivity index (χ0) is 12.8. The predicted molar refractivity (Wildman–Crippen MR) is 74.1 cm³/mol. The van der Waals surface area contributed by atoms with Crippen molar-refractivity contribution in [2.24, 2.45) is 11.7 Å². The molecule has 0 spiro atoms. The van der Waals surface area contributed by atoms with E-state index in [1.54, 1.807) is 6.07 Å². The summed E-state index contributed by atoms with van der Waals surface area (Å²) in [5.74, 6) is 0.391. The van der Waals surface area contributed by atoms with Gasteiger partial charge in [0.1, 0.15) is 0 Å². The molecule has 0 saturated heterocycles. The summed E-state index contributed by atoms with van der Waals surface area (Å²) < 4.78 is 0. The number of rotatable bonds is 5. The van der Waals surface area contributed by atoms with E-state index in [0.29, 0.717) is 29.4 Å². The van der Waals surface area contributed by atoms with Gasteiger partial charge in [0, 0.05) is 18.5 Å². The van der Waals surface area contributed by atoms with E-state index in [9.17, 15) is 4.79 Å². The van der Waals surface area contributed by atoms with E-state index in [1.165, 1.54) is 0 Å². The van der Waals surface area contributed by atoms with Crippen molar-refractivity contribution in [3.8, 4) is 0 Å².